The molecule has 0 spiro atoms. The first kappa shape index (κ1) is 17.6. The van der Waals surface area contributed by atoms with Crippen LogP contribution in [-0.4, -0.2) is 23.0 Å². The standard InChI is InChI=1S/C19H17F2N3O2/c1-11(24(2)19(26)23-12-6-4-3-5-7-12)15-10-22-18(25)14-9-17(21)16(20)8-13(14)15/h3-11H,1-2H3,(H,22,25)(H,23,26). The summed E-state index contributed by atoms with van der Waals surface area (Å²) < 4.78 is 27.2. The van der Waals surface area contributed by atoms with Crippen LogP contribution in [0.1, 0.15) is 18.5 Å². The molecule has 1 unspecified atom stereocenters. The molecule has 1 atom stereocenters. The number of halogens is 2. The zero-order chi connectivity index (χ0) is 18.8. The topological polar surface area (TPSA) is 65.2 Å². The van der Waals surface area contributed by atoms with Gasteiger partial charge in [-0.05, 0) is 42.1 Å². The van der Waals surface area contributed by atoms with E-state index >= 15 is 0 Å². The third-order valence-electron chi connectivity index (χ3n) is 4.35. The molecule has 2 aromatic carbocycles. The van der Waals surface area contributed by atoms with Crippen molar-refractivity contribution in [2.45, 2.75) is 13.0 Å². The Balaban J connectivity index is 1.95. The van der Waals surface area contributed by atoms with Crippen molar-refractivity contribution in [3.63, 3.8) is 0 Å². The van der Waals surface area contributed by atoms with Crippen molar-refractivity contribution in [3.8, 4) is 0 Å². The van der Waals surface area contributed by atoms with Gasteiger partial charge in [0.15, 0.2) is 11.6 Å². The van der Waals surface area contributed by atoms with E-state index < -0.39 is 23.2 Å². The van der Waals surface area contributed by atoms with Crippen molar-refractivity contribution in [3.05, 3.63) is 76.2 Å². The van der Waals surface area contributed by atoms with Crippen molar-refractivity contribution in [1.29, 1.82) is 0 Å². The third-order valence-corrected chi connectivity index (χ3v) is 4.35. The molecule has 134 valence electrons. The first-order valence-corrected chi connectivity index (χ1v) is 7.97. The van der Waals surface area contributed by atoms with Gasteiger partial charge in [0.2, 0.25) is 0 Å². The van der Waals surface area contributed by atoms with Crippen molar-refractivity contribution < 1.29 is 13.6 Å². The van der Waals surface area contributed by atoms with Gasteiger partial charge in [0.05, 0.1) is 11.4 Å². The summed E-state index contributed by atoms with van der Waals surface area (Å²) in [7, 11) is 1.58. The van der Waals surface area contributed by atoms with Gasteiger partial charge in [0, 0.05) is 18.9 Å². The molecule has 0 fully saturated rings. The van der Waals surface area contributed by atoms with E-state index in [4.69, 9.17) is 0 Å². The fraction of sp³-hybridized carbons (Fsp3) is 0.158. The van der Waals surface area contributed by atoms with Crippen molar-refractivity contribution in [2.24, 2.45) is 0 Å². The number of amides is 2. The lowest BCUT2D eigenvalue weighted by molar-refractivity contribution is 0.208. The number of anilines is 1. The summed E-state index contributed by atoms with van der Waals surface area (Å²) >= 11 is 0. The average Bonchev–Trinajstić information content (AvgIpc) is 2.63. The van der Waals surface area contributed by atoms with Gasteiger partial charge in [-0.2, -0.15) is 0 Å². The number of urea groups is 1. The number of hydrogen-bond acceptors (Lipinski definition) is 2. The van der Waals surface area contributed by atoms with E-state index in [9.17, 15) is 18.4 Å². The minimum atomic E-state index is -1.09. The van der Waals surface area contributed by atoms with Gasteiger partial charge in [-0.3, -0.25) is 4.79 Å². The van der Waals surface area contributed by atoms with Crippen LogP contribution >= 0.6 is 0 Å². The highest BCUT2D eigenvalue weighted by Gasteiger charge is 2.21. The summed E-state index contributed by atoms with van der Waals surface area (Å²) in [6.45, 7) is 1.74. The van der Waals surface area contributed by atoms with Crippen LogP contribution in [0.5, 0.6) is 0 Å². The lowest BCUT2D eigenvalue weighted by Crippen LogP contribution is -2.34. The highest BCUT2D eigenvalue weighted by molar-refractivity contribution is 5.90. The molecule has 1 aromatic heterocycles. The maximum Gasteiger partial charge on any atom is 0.322 e. The summed E-state index contributed by atoms with van der Waals surface area (Å²) in [5, 5.41) is 3.05. The Kier molecular flexibility index (Phi) is 4.71. The Morgan fingerprint density at radius 3 is 2.38 bits per heavy atom. The number of pyridine rings is 1. The Labute approximate surface area is 148 Å². The SMILES string of the molecule is CC(c1c[nH]c(=O)c2cc(F)c(F)cc12)N(C)C(=O)Nc1ccccc1. The number of nitrogens with one attached hydrogen (secondary N) is 2. The largest absolute Gasteiger partial charge is 0.328 e. The smallest absolute Gasteiger partial charge is 0.322 e. The van der Waals surface area contributed by atoms with Crippen LogP contribution in [0.4, 0.5) is 19.3 Å². The molecule has 0 aliphatic carbocycles. The molecule has 2 amide bonds. The second-order valence-corrected chi connectivity index (χ2v) is 5.97. The zero-order valence-corrected chi connectivity index (χ0v) is 14.2. The number of nitrogens with zero attached hydrogens (tertiary/aromatic N) is 1. The molecule has 0 saturated carbocycles. The second kappa shape index (κ2) is 6.95. The van der Waals surface area contributed by atoms with Crippen LogP contribution in [0.2, 0.25) is 0 Å². The summed E-state index contributed by atoms with van der Waals surface area (Å²) in [6, 6.07) is 9.92. The highest BCUT2D eigenvalue weighted by Crippen LogP contribution is 2.27. The summed E-state index contributed by atoms with van der Waals surface area (Å²) in [4.78, 5) is 28.3. The molecule has 3 rings (SSSR count). The van der Waals surface area contributed by atoms with Gasteiger partial charge in [-0.25, -0.2) is 13.6 Å². The van der Waals surface area contributed by atoms with E-state index in [2.05, 4.69) is 10.3 Å². The molecule has 3 aromatic rings. The quantitative estimate of drug-likeness (QED) is 0.743. The molecule has 0 radical (unpaired) electrons. The highest BCUT2D eigenvalue weighted by atomic mass is 19.2. The van der Waals surface area contributed by atoms with Gasteiger partial charge in [0.1, 0.15) is 0 Å². The van der Waals surface area contributed by atoms with Crippen LogP contribution in [0.15, 0.2) is 53.5 Å². The predicted octanol–water partition coefficient (Wildman–Crippen LogP) is 4.03. The average molecular weight is 357 g/mol. The number of fused-ring (bicyclic) bond motifs is 1. The number of rotatable bonds is 3. The van der Waals surface area contributed by atoms with Gasteiger partial charge < -0.3 is 15.2 Å². The first-order valence-electron chi connectivity index (χ1n) is 7.97. The van der Waals surface area contributed by atoms with E-state index in [1.54, 1.807) is 38.2 Å². The maximum atomic E-state index is 13.7. The molecule has 7 heteroatoms. The normalized spacial score (nSPS) is 12.0. The molecule has 5 nitrogen and oxygen atoms in total. The van der Waals surface area contributed by atoms with E-state index in [0.717, 1.165) is 12.1 Å². The molecule has 0 aliphatic rings. The third kappa shape index (κ3) is 3.28. The van der Waals surface area contributed by atoms with Gasteiger partial charge in [-0.1, -0.05) is 18.2 Å². The summed E-state index contributed by atoms with van der Waals surface area (Å²) in [5.41, 5.74) is 0.617. The molecule has 0 aliphatic heterocycles. The van der Waals surface area contributed by atoms with E-state index in [1.165, 1.54) is 11.1 Å². The van der Waals surface area contributed by atoms with Gasteiger partial charge >= 0.3 is 6.03 Å². The Hall–Kier alpha value is -3.22. The summed E-state index contributed by atoms with van der Waals surface area (Å²) in [5.74, 6) is -2.14. The maximum absolute atomic E-state index is 13.7. The lowest BCUT2D eigenvalue weighted by atomic mass is 10.0. The van der Waals surface area contributed by atoms with Gasteiger partial charge in [-0.15, -0.1) is 0 Å². The number of aromatic amines is 1. The molecular formula is C19H17F2N3O2. The van der Waals surface area contributed by atoms with Crippen LogP contribution in [0.3, 0.4) is 0 Å². The van der Waals surface area contributed by atoms with Crippen molar-refractivity contribution >= 4 is 22.5 Å². The van der Waals surface area contributed by atoms with Crippen LogP contribution < -0.4 is 10.9 Å². The van der Waals surface area contributed by atoms with Gasteiger partial charge in [0.25, 0.3) is 5.56 Å². The minimum absolute atomic E-state index is 0.0325. The number of hydrogen-bond donors (Lipinski definition) is 2. The van der Waals surface area contributed by atoms with Crippen molar-refractivity contribution in [2.75, 3.05) is 12.4 Å². The zero-order valence-electron chi connectivity index (χ0n) is 14.2. The Bertz CT molecular complexity index is 1020. The molecule has 1 heterocycles. The number of H-pyrrole nitrogens is 1. The predicted molar refractivity (Wildman–Crippen MR) is 96.1 cm³/mol. The van der Waals surface area contributed by atoms with E-state index in [1.807, 2.05) is 6.07 Å². The second-order valence-electron chi connectivity index (χ2n) is 5.97. The van der Waals surface area contributed by atoms with Crippen molar-refractivity contribution in [1.82, 2.24) is 9.88 Å². The number of carbonyl (C=O) groups excluding carboxylic acids is 1. The fourth-order valence-corrected chi connectivity index (χ4v) is 2.74. The van der Waals surface area contributed by atoms with Crippen LogP contribution in [0, 0.1) is 11.6 Å². The lowest BCUT2D eigenvalue weighted by Gasteiger charge is -2.26. The Morgan fingerprint density at radius 2 is 1.73 bits per heavy atom. The molecule has 2 N–H and O–H groups in total. The number of carbonyl (C=O) groups is 1. The monoisotopic (exact) mass is 357 g/mol. The molecular weight excluding hydrogens is 340 g/mol. The van der Waals surface area contributed by atoms with Crippen LogP contribution in [-0.2, 0) is 0 Å². The van der Waals surface area contributed by atoms with Crippen LogP contribution in [0.25, 0.3) is 10.8 Å². The van der Waals surface area contributed by atoms with E-state index in [-0.39, 0.29) is 16.8 Å². The molecule has 0 bridgehead atoms. The number of para-hydroxylation sites is 1. The Morgan fingerprint density at radius 1 is 1.12 bits per heavy atom. The number of aromatic nitrogens is 1. The molecule has 26 heavy (non-hydrogen) atoms. The number of benzene rings is 2. The fourth-order valence-electron chi connectivity index (χ4n) is 2.74. The first-order chi connectivity index (χ1) is 12.4. The van der Waals surface area contributed by atoms with E-state index in [0.29, 0.717) is 11.3 Å². The summed E-state index contributed by atoms with van der Waals surface area (Å²) in [6.07, 6.45) is 1.42. The minimum Gasteiger partial charge on any atom is -0.328 e. The molecule has 0 saturated heterocycles.